The van der Waals surface area contributed by atoms with Crippen molar-refractivity contribution in [1.82, 2.24) is 0 Å². The maximum atomic E-state index is 10.4. The van der Waals surface area contributed by atoms with Crippen LogP contribution in [0.4, 0.5) is 0 Å². The fraction of sp³-hybridized carbons (Fsp3) is 0. The Morgan fingerprint density at radius 3 is 2.00 bits per heavy atom. The Morgan fingerprint density at radius 2 is 1.89 bits per heavy atom. The third-order valence-corrected chi connectivity index (χ3v) is 0.701. The second-order valence-electron chi connectivity index (χ2n) is 1.42. The Morgan fingerprint density at radius 1 is 1.44 bits per heavy atom. The molecule has 0 spiro atoms. The molecule has 9 heavy (non-hydrogen) atoms. The lowest BCUT2D eigenvalue weighted by atomic mass is 10.2. The predicted octanol–water partition coefficient (Wildman–Crippen LogP) is -0.217. The topological polar surface area (TPSA) is 60.2 Å². The van der Waals surface area contributed by atoms with Crippen molar-refractivity contribution in [3.8, 4) is 0 Å². The van der Waals surface area contributed by atoms with E-state index >= 15 is 0 Å². The lowest BCUT2D eigenvalue weighted by Crippen LogP contribution is -2.17. The second kappa shape index (κ2) is 2.81. The first kappa shape index (κ1) is 7.62. The van der Waals surface area contributed by atoms with Crippen molar-refractivity contribution in [3.05, 3.63) is 24.9 Å². The molecule has 0 amide bonds. The van der Waals surface area contributed by atoms with E-state index < -0.39 is 11.6 Å². The normalized spacial score (nSPS) is 8.00. The fourth-order valence-corrected chi connectivity index (χ4v) is 0.251. The molecule has 0 atom stereocenters. The van der Waals surface area contributed by atoms with Crippen molar-refractivity contribution in [2.45, 2.75) is 0 Å². The van der Waals surface area contributed by atoms with Crippen LogP contribution in [-0.2, 0) is 9.59 Å². The summed E-state index contributed by atoms with van der Waals surface area (Å²) in [6, 6.07) is 0. The molecule has 0 aliphatic heterocycles. The molecular formula is C6H7NO2. The van der Waals surface area contributed by atoms with E-state index in [4.69, 9.17) is 5.73 Å². The summed E-state index contributed by atoms with van der Waals surface area (Å²) in [4.78, 5) is 20.8. The number of rotatable bonds is 3. The number of nitrogens with two attached hydrogens (primary N) is 1. The van der Waals surface area contributed by atoms with Crippen LogP contribution in [0.15, 0.2) is 24.9 Å². The van der Waals surface area contributed by atoms with Gasteiger partial charge in [0.15, 0.2) is 0 Å². The van der Waals surface area contributed by atoms with Crippen LogP contribution < -0.4 is 5.73 Å². The summed E-state index contributed by atoms with van der Waals surface area (Å²) < 4.78 is 0. The molecule has 3 nitrogen and oxygen atoms in total. The quantitative estimate of drug-likeness (QED) is 0.419. The molecule has 0 bridgehead atoms. The average molecular weight is 125 g/mol. The highest BCUT2D eigenvalue weighted by Crippen LogP contribution is 1.84. The van der Waals surface area contributed by atoms with Crippen molar-refractivity contribution in [1.29, 1.82) is 0 Å². The molecule has 2 N–H and O–H groups in total. The van der Waals surface area contributed by atoms with E-state index in [1.807, 2.05) is 0 Å². The minimum Gasteiger partial charge on any atom is -0.396 e. The van der Waals surface area contributed by atoms with Gasteiger partial charge in [0.2, 0.25) is 11.6 Å². The van der Waals surface area contributed by atoms with Crippen LogP contribution in [0.2, 0.25) is 0 Å². The van der Waals surface area contributed by atoms with E-state index in [0.29, 0.717) is 0 Å². The molecule has 0 aliphatic carbocycles. The third kappa shape index (κ3) is 1.90. The van der Waals surface area contributed by atoms with Crippen LogP contribution in [0.5, 0.6) is 0 Å². The van der Waals surface area contributed by atoms with Gasteiger partial charge in [0, 0.05) is 0 Å². The van der Waals surface area contributed by atoms with Crippen LogP contribution in [0.3, 0.4) is 0 Å². The number of hydrogen-bond acceptors (Lipinski definition) is 3. The van der Waals surface area contributed by atoms with E-state index in [0.717, 1.165) is 6.08 Å². The van der Waals surface area contributed by atoms with Gasteiger partial charge >= 0.3 is 0 Å². The van der Waals surface area contributed by atoms with Gasteiger partial charge in [-0.25, -0.2) is 0 Å². The monoisotopic (exact) mass is 125 g/mol. The van der Waals surface area contributed by atoms with Crippen LogP contribution in [0.25, 0.3) is 0 Å². The smallest absolute Gasteiger partial charge is 0.247 e. The Kier molecular flexibility index (Phi) is 2.38. The highest BCUT2D eigenvalue weighted by Gasteiger charge is 2.09. The summed E-state index contributed by atoms with van der Waals surface area (Å²) >= 11 is 0. The summed E-state index contributed by atoms with van der Waals surface area (Å²) in [5, 5.41) is 0. The Hall–Kier alpha value is -1.38. The molecule has 0 radical (unpaired) electrons. The summed E-state index contributed by atoms with van der Waals surface area (Å²) in [5.41, 5.74) is 4.65. The first-order valence-electron chi connectivity index (χ1n) is 2.25. The first-order valence-corrected chi connectivity index (χ1v) is 2.25. The van der Waals surface area contributed by atoms with Gasteiger partial charge in [-0.2, -0.15) is 0 Å². The number of hydrogen-bond donors (Lipinski definition) is 1. The summed E-state index contributed by atoms with van der Waals surface area (Å²) in [6.45, 7) is 6.18. The fourth-order valence-electron chi connectivity index (χ4n) is 0.251. The molecule has 0 aliphatic rings. The standard InChI is InChI=1S/C6H7NO2/c1-3-5(8)6(9)4(2)7/h3H,1-2,7H2. The Balaban J connectivity index is 4.22. The molecule has 48 valence electrons. The van der Waals surface area contributed by atoms with Crippen LogP contribution >= 0.6 is 0 Å². The van der Waals surface area contributed by atoms with Crippen molar-refractivity contribution in [3.63, 3.8) is 0 Å². The molecular weight excluding hydrogens is 118 g/mol. The molecule has 0 unspecified atom stereocenters. The maximum absolute atomic E-state index is 10.4. The number of carbonyl (C=O) groups is 2. The predicted molar refractivity (Wildman–Crippen MR) is 33.5 cm³/mol. The van der Waals surface area contributed by atoms with Gasteiger partial charge in [-0.1, -0.05) is 13.2 Å². The number of carbonyl (C=O) groups excluding carboxylic acids is 2. The molecule has 0 rings (SSSR count). The minimum absolute atomic E-state index is 0.250. The lowest BCUT2D eigenvalue weighted by molar-refractivity contribution is -0.131. The van der Waals surface area contributed by atoms with E-state index in [2.05, 4.69) is 13.2 Å². The van der Waals surface area contributed by atoms with Crippen LogP contribution in [-0.4, -0.2) is 11.6 Å². The lowest BCUT2D eigenvalue weighted by Gasteiger charge is -1.89. The summed E-state index contributed by atoms with van der Waals surface area (Å²) in [5.74, 6) is -1.51. The van der Waals surface area contributed by atoms with Gasteiger partial charge in [0.25, 0.3) is 0 Å². The average Bonchev–Trinajstić information content (AvgIpc) is 1.84. The first-order chi connectivity index (χ1) is 4.09. The van der Waals surface area contributed by atoms with Crippen LogP contribution in [0, 0.1) is 0 Å². The maximum Gasteiger partial charge on any atom is 0.247 e. The molecule has 3 heteroatoms. The molecule has 0 heterocycles. The molecule has 0 saturated heterocycles. The highest BCUT2D eigenvalue weighted by molar-refractivity contribution is 6.46. The molecule has 0 aromatic rings. The second-order valence-corrected chi connectivity index (χ2v) is 1.42. The van der Waals surface area contributed by atoms with Crippen molar-refractivity contribution < 1.29 is 9.59 Å². The molecule has 0 aromatic carbocycles. The number of Topliss-reactive ketones (excluding diaryl/α,β-unsaturated/α-hetero) is 1. The van der Waals surface area contributed by atoms with E-state index in [9.17, 15) is 9.59 Å². The van der Waals surface area contributed by atoms with Gasteiger partial charge in [0.1, 0.15) is 0 Å². The SMILES string of the molecule is C=CC(=O)C(=O)C(=C)N. The number of ketones is 2. The minimum atomic E-state index is -0.787. The zero-order chi connectivity index (χ0) is 7.44. The summed E-state index contributed by atoms with van der Waals surface area (Å²) in [6.07, 6.45) is 0.903. The van der Waals surface area contributed by atoms with Gasteiger partial charge < -0.3 is 5.73 Å². The largest absolute Gasteiger partial charge is 0.396 e. The van der Waals surface area contributed by atoms with E-state index in [-0.39, 0.29) is 5.70 Å². The van der Waals surface area contributed by atoms with Crippen LogP contribution in [0.1, 0.15) is 0 Å². The van der Waals surface area contributed by atoms with Crippen molar-refractivity contribution in [2.75, 3.05) is 0 Å². The van der Waals surface area contributed by atoms with E-state index in [1.54, 1.807) is 0 Å². The van der Waals surface area contributed by atoms with Crippen molar-refractivity contribution in [2.24, 2.45) is 5.73 Å². The van der Waals surface area contributed by atoms with Gasteiger partial charge in [-0.15, -0.1) is 0 Å². The molecule has 0 saturated carbocycles. The highest BCUT2D eigenvalue weighted by atomic mass is 16.2. The Labute approximate surface area is 52.8 Å². The zero-order valence-electron chi connectivity index (χ0n) is 4.89. The van der Waals surface area contributed by atoms with Crippen molar-refractivity contribution >= 4 is 11.6 Å². The third-order valence-electron chi connectivity index (χ3n) is 0.701. The molecule has 0 aromatic heterocycles. The van der Waals surface area contributed by atoms with Gasteiger partial charge in [-0.3, -0.25) is 9.59 Å². The zero-order valence-corrected chi connectivity index (χ0v) is 4.89. The van der Waals surface area contributed by atoms with Gasteiger partial charge in [0.05, 0.1) is 5.70 Å². The van der Waals surface area contributed by atoms with Gasteiger partial charge in [-0.05, 0) is 6.08 Å². The van der Waals surface area contributed by atoms with E-state index in [1.165, 1.54) is 0 Å². The summed E-state index contributed by atoms with van der Waals surface area (Å²) in [7, 11) is 0. The Bertz CT molecular complexity index is 181. The number of allylic oxidation sites excluding steroid dienone is 2. The molecule has 0 fully saturated rings.